The Labute approximate surface area is 79.0 Å². The molecule has 1 heterocycles. The van der Waals surface area contributed by atoms with Crippen LogP contribution in [0, 0.1) is 0 Å². The highest BCUT2D eigenvalue weighted by molar-refractivity contribution is 5.67. The first-order valence-electron chi connectivity index (χ1n) is 4.67. The molecule has 0 bridgehead atoms. The van der Waals surface area contributed by atoms with Crippen LogP contribution in [0.4, 0.5) is 4.79 Å². The summed E-state index contributed by atoms with van der Waals surface area (Å²) in [5.41, 5.74) is -0.406. The van der Waals surface area contributed by atoms with Crippen LogP contribution in [0.3, 0.4) is 0 Å². The van der Waals surface area contributed by atoms with Crippen LogP contribution in [0.5, 0.6) is 0 Å². The summed E-state index contributed by atoms with van der Waals surface area (Å²) >= 11 is 0. The van der Waals surface area contributed by atoms with Gasteiger partial charge in [-0.25, -0.2) is 4.79 Å². The first kappa shape index (κ1) is 10.3. The Morgan fingerprint density at radius 1 is 1.62 bits per heavy atom. The zero-order valence-electron chi connectivity index (χ0n) is 8.52. The van der Waals surface area contributed by atoms with Crippen LogP contribution in [0.2, 0.25) is 0 Å². The molecule has 0 aliphatic carbocycles. The number of hydrogen-bond donors (Lipinski definition) is 2. The van der Waals surface area contributed by atoms with Crippen molar-refractivity contribution in [1.29, 1.82) is 0 Å². The van der Waals surface area contributed by atoms with Gasteiger partial charge in [0.05, 0.1) is 0 Å². The van der Waals surface area contributed by atoms with Gasteiger partial charge in [0.25, 0.3) is 0 Å². The van der Waals surface area contributed by atoms with E-state index in [1.807, 2.05) is 20.8 Å². The molecule has 0 aromatic rings. The summed E-state index contributed by atoms with van der Waals surface area (Å²) in [5, 5.41) is 5.91. The second-order valence-electron chi connectivity index (χ2n) is 4.32. The van der Waals surface area contributed by atoms with E-state index in [0.717, 1.165) is 13.0 Å². The number of hydrogen-bond acceptors (Lipinski definition) is 3. The van der Waals surface area contributed by atoms with Crippen LogP contribution in [0.25, 0.3) is 0 Å². The SMILES string of the molecule is CC(C)(C)OC(=O)NCC1CCN1. The van der Waals surface area contributed by atoms with Gasteiger partial charge in [-0.1, -0.05) is 0 Å². The molecule has 4 heteroatoms. The van der Waals surface area contributed by atoms with Crippen molar-refractivity contribution in [2.24, 2.45) is 0 Å². The summed E-state index contributed by atoms with van der Waals surface area (Å²) in [7, 11) is 0. The van der Waals surface area contributed by atoms with E-state index in [1.54, 1.807) is 0 Å². The molecule has 0 aromatic heterocycles. The number of rotatable bonds is 2. The summed E-state index contributed by atoms with van der Waals surface area (Å²) in [6.07, 6.45) is 0.802. The fourth-order valence-electron chi connectivity index (χ4n) is 1.04. The van der Waals surface area contributed by atoms with E-state index in [4.69, 9.17) is 4.74 Å². The minimum Gasteiger partial charge on any atom is -0.444 e. The van der Waals surface area contributed by atoms with Crippen molar-refractivity contribution < 1.29 is 9.53 Å². The number of ether oxygens (including phenoxy) is 1. The Morgan fingerprint density at radius 2 is 2.23 bits per heavy atom. The summed E-state index contributed by atoms with van der Waals surface area (Å²) < 4.78 is 5.08. The molecule has 1 aliphatic rings. The van der Waals surface area contributed by atoms with E-state index >= 15 is 0 Å². The van der Waals surface area contributed by atoms with Crippen molar-refractivity contribution >= 4 is 6.09 Å². The van der Waals surface area contributed by atoms with E-state index in [0.29, 0.717) is 12.6 Å². The first-order valence-corrected chi connectivity index (χ1v) is 4.67. The second kappa shape index (κ2) is 3.96. The molecule has 1 saturated heterocycles. The fourth-order valence-corrected chi connectivity index (χ4v) is 1.04. The largest absolute Gasteiger partial charge is 0.444 e. The van der Waals surface area contributed by atoms with Gasteiger partial charge < -0.3 is 15.4 Å². The van der Waals surface area contributed by atoms with Gasteiger partial charge in [-0.15, -0.1) is 0 Å². The molecule has 0 spiro atoms. The molecule has 13 heavy (non-hydrogen) atoms. The maximum absolute atomic E-state index is 11.1. The normalized spacial score (nSPS) is 21.9. The van der Waals surface area contributed by atoms with E-state index in [9.17, 15) is 4.79 Å². The highest BCUT2D eigenvalue weighted by Gasteiger charge is 2.19. The first-order chi connectivity index (χ1) is 5.97. The van der Waals surface area contributed by atoms with Gasteiger partial charge in [0.2, 0.25) is 0 Å². The van der Waals surface area contributed by atoms with Gasteiger partial charge in [-0.3, -0.25) is 0 Å². The van der Waals surface area contributed by atoms with Crippen molar-refractivity contribution in [3.63, 3.8) is 0 Å². The molecule has 1 rings (SSSR count). The molecule has 1 aliphatic heterocycles. The van der Waals surface area contributed by atoms with Crippen LogP contribution in [-0.4, -0.2) is 30.8 Å². The Balaban J connectivity index is 2.10. The Bertz CT molecular complexity index is 183. The number of carbonyl (C=O) groups excluding carboxylic acids is 1. The van der Waals surface area contributed by atoms with E-state index in [1.165, 1.54) is 0 Å². The maximum atomic E-state index is 11.1. The Hall–Kier alpha value is -0.770. The van der Waals surface area contributed by atoms with Crippen LogP contribution in [0.1, 0.15) is 27.2 Å². The molecule has 76 valence electrons. The predicted octanol–water partition coefficient (Wildman–Crippen LogP) is 0.873. The van der Waals surface area contributed by atoms with Crippen molar-refractivity contribution in [2.75, 3.05) is 13.1 Å². The van der Waals surface area contributed by atoms with Gasteiger partial charge in [-0.2, -0.15) is 0 Å². The Kier molecular flexibility index (Phi) is 3.14. The highest BCUT2D eigenvalue weighted by Crippen LogP contribution is 2.06. The number of amides is 1. The van der Waals surface area contributed by atoms with Crippen LogP contribution in [0.15, 0.2) is 0 Å². The summed E-state index contributed by atoms with van der Waals surface area (Å²) in [6.45, 7) is 7.28. The lowest BCUT2D eigenvalue weighted by Crippen LogP contribution is -2.50. The predicted molar refractivity (Wildman–Crippen MR) is 50.6 cm³/mol. The third kappa shape index (κ3) is 4.12. The molecule has 0 saturated carbocycles. The van der Waals surface area contributed by atoms with Crippen LogP contribution < -0.4 is 10.6 Å². The van der Waals surface area contributed by atoms with Crippen molar-refractivity contribution in [2.45, 2.75) is 38.8 Å². The molecule has 1 atom stereocenters. The van der Waals surface area contributed by atoms with E-state index in [2.05, 4.69) is 10.6 Å². The molecule has 1 fully saturated rings. The smallest absolute Gasteiger partial charge is 0.407 e. The average molecular weight is 186 g/mol. The molecule has 0 aromatic carbocycles. The molecule has 4 nitrogen and oxygen atoms in total. The molecule has 1 amide bonds. The van der Waals surface area contributed by atoms with Gasteiger partial charge in [0, 0.05) is 12.6 Å². The third-order valence-corrected chi connectivity index (χ3v) is 1.82. The molecular formula is C9H18N2O2. The minimum absolute atomic E-state index is 0.332. The van der Waals surface area contributed by atoms with Crippen molar-refractivity contribution in [3.05, 3.63) is 0 Å². The lowest BCUT2D eigenvalue weighted by molar-refractivity contribution is 0.0517. The molecular weight excluding hydrogens is 168 g/mol. The summed E-state index contributed by atoms with van der Waals surface area (Å²) in [6, 6.07) is 0.438. The quantitative estimate of drug-likeness (QED) is 0.673. The summed E-state index contributed by atoms with van der Waals surface area (Å²) in [4.78, 5) is 11.1. The van der Waals surface area contributed by atoms with Gasteiger partial charge in [-0.05, 0) is 33.7 Å². The zero-order valence-corrected chi connectivity index (χ0v) is 8.52. The maximum Gasteiger partial charge on any atom is 0.407 e. The number of nitrogens with one attached hydrogen (secondary N) is 2. The topological polar surface area (TPSA) is 50.4 Å². The van der Waals surface area contributed by atoms with Crippen molar-refractivity contribution in [3.8, 4) is 0 Å². The highest BCUT2D eigenvalue weighted by atomic mass is 16.6. The summed E-state index contributed by atoms with van der Waals surface area (Å²) in [5.74, 6) is 0. The average Bonchev–Trinajstić information content (AvgIpc) is 1.78. The van der Waals surface area contributed by atoms with E-state index in [-0.39, 0.29) is 6.09 Å². The molecule has 2 N–H and O–H groups in total. The monoisotopic (exact) mass is 186 g/mol. The van der Waals surface area contributed by atoms with Gasteiger partial charge in [0.1, 0.15) is 5.60 Å². The van der Waals surface area contributed by atoms with Gasteiger partial charge >= 0.3 is 6.09 Å². The zero-order chi connectivity index (χ0) is 9.90. The van der Waals surface area contributed by atoms with Crippen molar-refractivity contribution in [1.82, 2.24) is 10.6 Å². The second-order valence-corrected chi connectivity index (χ2v) is 4.32. The van der Waals surface area contributed by atoms with E-state index < -0.39 is 5.60 Å². The minimum atomic E-state index is -0.406. The van der Waals surface area contributed by atoms with Gasteiger partial charge in [0.15, 0.2) is 0 Å². The molecule has 1 unspecified atom stereocenters. The number of alkyl carbamates (subject to hydrolysis) is 1. The van der Waals surface area contributed by atoms with Crippen LogP contribution in [-0.2, 0) is 4.74 Å². The fraction of sp³-hybridized carbons (Fsp3) is 0.889. The third-order valence-electron chi connectivity index (χ3n) is 1.82. The molecule has 0 radical (unpaired) electrons. The lowest BCUT2D eigenvalue weighted by atomic mass is 10.1. The lowest BCUT2D eigenvalue weighted by Gasteiger charge is -2.28. The van der Waals surface area contributed by atoms with Crippen LogP contribution >= 0.6 is 0 Å². The number of carbonyl (C=O) groups is 1. The standard InChI is InChI=1S/C9H18N2O2/c1-9(2,3)13-8(12)11-6-7-4-5-10-7/h7,10H,4-6H2,1-3H3,(H,11,12). The Morgan fingerprint density at radius 3 is 2.62 bits per heavy atom.